The third-order valence-electron chi connectivity index (χ3n) is 1.18. The first-order valence-electron chi connectivity index (χ1n) is 2.92. The number of rotatable bonds is 1. The van der Waals surface area contributed by atoms with Gasteiger partial charge in [0, 0.05) is 5.38 Å². The van der Waals surface area contributed by atoms with E-state index in [0.29, 0.717) is 5.82 Å². The van der Waals surface area contributed by atoms with Crippen molar-refractivity contribution in [2.75, 3.05) is 5.73 Å². The molecule has 6 heteroatoms. The van der Waals surface area contributed by atoms with Crippen molar-refractivity contribution in [3.05, 3.63) is 10.9 Å². The van der Waals surface area contributed by atoms with Gasteiger partial charge in [0.05, 0.1) is 5.51 Å². The van der Waals surface area contributed by atoms with Gasteiger partial charge in [0.25, 0.3) is 0 Å². The first-order valence-corrected chi connectivity index (χ1v) is 3.87. The number of hydrogen-bond donors (Lipinski definition) is 2. The lowest BCUT2D eigenvalue weighted by Crippen LogP contribution is -1.85. The van der Waals surface area contributed by atoms with Crippen molar-refractivity contribution in [1.29, 1.82) is 0 Å². The summed E-state index contributed by atoms with van der Waals surface area (Å²) >= 11 is 1.50. The molecule has 0 amide bonds. The summed E-state index contributed by atoms with van der Waals surface area (Å²) in [5, 5.41) is 8.22. The summed E-state index contributed by atoms with van der Waals surface area (Å²) < 4.78 is 0. The van der Waals surface area contributed by atoms with Crippen molar-refractivity contribution in [1.82, 2.24) is 20.2 Å². The molecule has 56 valence electrons. The molecule has 0 atom stereocenters. The molecule has 0 aliphatic heterocycles. The number of nitrogens with zero attached hydrogens (tertiary/aromatic N) is 3. The number of thiazole rings is 1. The largest absolute Gasteiger partial charge is 0.366 e. The molecule has 2 rings (SSSR count). The Morgan fingerprint density at radius 1 is 1.55 bits per heavy atom. The van der Waals surface area contributed by atoms with E-state index in [1.54, 1.807) is 5.51 Å². The molecule has 2 heterocycles. The quantitative estimate of drug-likeness (QED) is 0.648. The van der Waals surface area contributed by atoms with Crippen LogP contribution in [0.4, 0.5) is 5.95 Å². The highest BCUT2D eigenvalue weighted by Gasteiger charge is 2.03. The molecule has 0 aromatic carbocycles. The predicted molar refractivity (Wildman–Crippen MR) is 41.9 cm³/mol. The second kappa shape index (κ2) is 2.31. The van der Waals surface area contributed by atoms with Crippen LogP contribution in [0.25, 0.3) is 11.5 Å². The van der Waals surface area contributed by atoms with Gasteiger partial charge in [0.15, 0.2) is 5.82 Å². The van der Waals surface area contributed by atoms with E-state index in [-0.39, 0.29) is 5.95 Å². The van der Waals surface area contributed by atoms with Gasteiger partial charge in [0.1, 0.15) is 5.69 Å². The maximum atomic E-state index is 5.31. The van der Waals surface area contributed by atoms with Crippen LogP contribution in [0.5, 0.6) is 0 Å². The minimum absolute atomic E-state index is 0.244. The minimum Gasteiger partial charge on any atom is -0.366 e. The normalized spacial score (nSPS) is 10.2. The van der Waals surface area contributed by atoms with Crippen LogP contribution in [-0.4, -0.2) is 20.2 Å². The van der Waals surface area contributed by atoms with Crippen molar-refractivity contribution in [3.8, 4) is 11.5 Å². The Balaban J connectivity index is 2.45. The third-order valence-corrected chi connectivity index (χ3v) is 1.76. The van der Waals surface area contributed by atoms with E-state index in [1.165, 1.54) is 11.3 Å². The lowest BCUT2D eigenvalue weighted by molar-refractivity contribution is 1.10. The van der Waals surface area contributed by atoms with Gasteiger partial charge in [-0.05, 0) is 0 Å². The van der Waals surface area contributed by atoms with E-state index >= 15 is 0 Å². The molecular weight excluding hydrogens is 162 g/mol. The highest BCUT2D eigenvalue weighted by atomic mass is 32.1. The average Bonchev–Trinajstić information content (AvgIpc) is 2.55. The first-order chi connectivity index (χ1) is 5.36. The van der Waals surface area contributed by atoms with E-state index in [1.807, 2.05) is 5.38 Å². The van der Waals surface area contributed by atoms with E-state index in [4.69, 9.17) is 5.73 Å². The Bertz CT molecular complexity index is 337. The number of nitrogens with two attached hydrogens (primary N) is 1. The van der Waals surface area contributed by atoms with Crippen LogP contribution in [0.1, 0.15) is 0 Å². The van der Waals surface area contributed by atoms with Gasteiger partial charge in [-0.15, -0.1) is 16.4 Å². The molecule has 0 spiro atoms. The van der Waals surface area contributed by atoms with Crippen LogP contribution in [-0.2, 0) is 0 Å². The molecule has 2 aromatic rings. The van der Waals surface area contributed by atoms with Crippen LogP contribution in [0.3, 0.4) is 0 Å². The highest BCUT2D eigenvalue weighted by Crippen LogP contribution is 2.13. The van der Waals surface area contributed by atoms with Crippen LogP contribution in [0.2, 0.25) is 0 Å². The molecule has 0 unspecified atom stereocenters. The van der Waals surface area contributed by atoms with E-state index < -0.39 is 0 Å². The molecule has 5 nitrogen and oxygen atoms in total. The van der Waals surface area contributed by atoms with Crippen LogP contribution >= 0.6 is 11.3 Å². The Labute approximate surface area is 66.3 Å². The summed E-state index contributed by atoms with van der Waals surface area (Å²) in [6.45, 7) is 0. The first kappa shape index (κ1) is 6.29. The standard InChI is InChI=1S/C5H5N5S/c6-5-8-4(9-10-5)3-1-11-2-7-3/h1-2H,(H3,6,8,9,10). The number of hydrogen-bond acceptors (Lipinski definition) is 5. The van der Waals surface area contributed by atoms with Gasteiger partial charge in [0.2, 0.25) is 5.95 Å². The molecule has 0 aliphatic rings. The lowest BCUT2D eigenvalue weighted by atomic mass is 10.5. The summed E-state index contributed by atoms with van der Waals surface area (Å²) in [6.07, 6.45) is 0. The van der Waals surface area contributed by atoms with Gasteiger partial charge in [-0.1, -0.05) is 0 Å². The summed E-state index contributed by atoms with van der Waals surface area (Å²) in [5.74, 6) is 0.858. The molecule has 0 saturated carbocycles. The van der Waals surface area contributed by atoms with Crippen LogP contribution in [0, 0.1) is 0 Å². The van der Waals surface area contributed by atoms with Crippen LogP contribution in [0.15, 0.2) is 10.9 Å². The summed E-state index contributed by atoms with van der Waals surface area (Å²) in [4.78, 5) is 7.94. The van der Waals surface area contributed by atoms with Crippen molar-refractivity contribution in [3.63, 3.8) is 0 Å². The number of nitrogen functional groups attached to an aromatic ring is 1. The fourth-order valence-corrected chi connectivity index (χ4v) is 1.26. The monoisotopic (exact) mass is 167 g/mol. The minimum atomic E-state index is 0.244. The third kappa shape index (κ3) is 1.07. The zero-order valence-electron chi connectivity index (χ0n) is 5.48. The Hall–Kier alpha value is -1.43. The van der Waals surface area contributed by atoms with Crippen molar-refractivity contribution < 1.29 is 0 Å². The highest BCUT2D eigenvalue weighted by molar-refractivity contribution is 7.07. The van der Waals surface area contributed by atoms with E-state index in [0.717, 1.165) is 5.69 Å². The fraction of sp³-hybridized carbons (Fsp3) is 0. The number of aromatic amines is 1. The van der Waals surface area contributed by atoms with Crippen molar-refractivity contribution in [2.45, 2.75) is 0 Å². The number of anilines is 1. The number of nitrogens with one attached hydrogen (secondary N) is 1. The second-order valence-electron chi connectivity index (χ2n) is 1.92. The molecule has 11 heavy (non-hydrogen) atoms. The van der Waals surface area contributed by atoms with Gasteiger partial charge < -0.3 is 5.73 Å². The molecule has 0 fully saturated rings. The zero-order chi connectivity index (χ0) is 7.68. The Kier molecular flexibility index (Phi) is 1.32. The zero-order valence-corrected chi connectivity index (χ0v) is 6.30. The summed E-state index contributed by atoms with van der Waals surface area (Å²) in [6, 6.07) is 0. The maximum Gasteiger partial charge on any atom is 0.239 e. The van der Waals surface area contributed by atoms with Gasteiger partial charge in [-0.25, -0.2) is 4.98 Å². The number of H-pyrrole nitrogens is 1. The van der Waals surface area contributed by atoms with Gasteiger partial charge >= 0.3 is 0 Å². The van der Waals surface area contributed by atoms with Crippen molar-refractivity contribution >= 4 is 17.3 Å². The molecule has 0 radical (unpaired) electrons. The van der Waals surface area contributed by atoms with Gasteiger partial charge in [-0.2, -0.15) is 4.98 Å². The molecule has 0 saturated heterocycles. The lowest BCUT2D eigenvalue weighted by Gasteiger charge is -1.82. The molecule has 3 N–H and O–H groups in total. The van der Waals surface area contributed by atoms with Crippen molar-refractivity contribution in [2.24, 2.45) is 0 Å². The van der Waals surface area contributed by atoms with Crippen LogP contribution < -0.4 is 5.73 Å². The molecule has 2 aromatic heterocycles. The fourth-order valence-electron chi connectivity index (χ4n) is 0.719. The van der Waals surface area contributed by atoms with E-state index in [2.05, 4.69) is 20.2 Å². The molecule has 0 aliphatic carbocycles. The average molecular weight is 167 g/mol. The summed E-state index contributed by atoms with van der Waals surface area (Å²) in [7, 11) is 0. The SMILES string of the molecule is Nc1n[nH]c(-c2cscn2)n1. The molecule has 0 bridgehead atoms. The smallest absolute Gasteiger partial charge is 0.239 e. The number of aromatic nitrogens is 4. The Morgan fingerprint density at radius 3 is 3.00 bits per heavy atom. The molecular formula is C5H5N5S. The Morgan fingerprint density at radius 2 is 2.45 bits per heavy atom. The predicted octanol–water partition coefficient (Wildman–Crippen LogP) is 0.510. The topological polar surface area (TPSA) is 80.5 Å². The summed E-state index contributed by atoms with van der Waals surface area (Å²) in [5.41, 5.74) is 7.81. The maximum absolute atomic E-state index is 5.31. The van der Waals surface area contributed by atoms with E-state index in [9.17, 15) is 0 Å². The second-order valence-corrected chi connectivity index (χ2v) is 2.63. The van der Waals surface area contributed by atoms with Gasteiger partial charge in [-0.3, -0.25) is 5.10 Å².